The van der Waals surface area contributed by atoms with E-state index in [9.17, 15) is 24.9 Å². The summed E-state index contributed by atoms with van der Waals surface area (Å²) in [5.41, 5.74) is -4.12. The summed E-state index contributed by atoms with van der Waals surface area (Å²) in [6.45, 7) is 18.7. The Labute approximate surface area is 368 Å². The van der Waals surface area contributed by atoms with Gasteiger partial charge < -0.3 is 68.2 Å². The number of cyclic esters (lactones) is 1. The third-order valence-electron chi connectivity index (χ3n) is 14.0. The predicted octanol–water partition coefficient (Wildman–Crippen LogP) is 4.33. The van der Waals surface area contributed by atoms with Crippen molar-refractivity contribution < 1.29 is 67.5 Å². The van der Waals surface area contributed by atoms with Gasteiger partial charge in [-0.2, -0.15) is 0 Å². The van der Waals surface area contributed by atoms with Gasteiger partial charge in [0.15, 0.2) is 18.7 Å². The molecule has 1 spiro atoms. The number of benzene rings is 1. The molecule has 0 saturated carbocycles. The Balaban J connectivity index is 1.56. The quantitative estimate of drug-likeness (QED) is 0.191. The van der Waals surface area contributed by atoms with Gasteiger partial charge >= 0.3 is 12.1 Å². The lowest BCUT2D eigenvalue weighted by Crippen LogP contribution is -2.62. The van der Waals surface area contributed by atoms with E-state index < -0.39 is 102 Å². The summed E-state index contributed by atoms with van der Waals surface area (Å²) < 4.78 is 56.6. The zero-order valence-electron chi connectivity index (χ0n) is 39.2. The highest BCUT2D eigenvalue weighted by Gasteiger charge is 2.67. The van der Waals surface area contributed by atoms with Crippen LogP contribution < -0.4 is 5.32 Å². The monoisotopic (exact) mass is 881 g/mol. The first kappa shape index (κ1) is 50.5. The van der Waals surface area contributed by atoms with Gasteiger partial charge in [0.25, 0.3) is 0 Å². The average molecular weight is 881 g/mol. The van der Waals surface area contributed by atoms with Crippen molar-refractivity contribution in [2.24, 2.45) is 17.8 Å². The predicted molar refractivity (Wildman–Crippen MR) is 228 cm³/mol. The first-order chi connectivity index (χ1) is 29.0. The van der Waals surface area contributed by atoms with Gasteiger partial charge in [0, 0.05) is 25.5 Å². The topological polar surface area (TPSA) is 196 Å². The number of esters is 1. The Kier molecular flexibility index (Phi) is 16.6. The Bertz CT molecular complexity index is 1610. The number of nitrogens with zero attached hydrogens (tertiary/aromatic N) is 1. The SMILES string of the molecule is CC[C@H]1OC(=O)[C@H](C)[C@@H](OC2C[C@@](C)(OC)[C@]3(CO3)[C@H](C)O2)[C@H](C)[C@@H](OC2O[C@H](C)C[C@H](N(C)C)[C@H]2OC(=O)OCc2ccccc2)C(C)(O)C[C@@H](C)CN[C@H](C)[C@@H](O)[C@]1(C)O. The fraction of sp³-hybridized carbons (Fsp3) is 0.826. The van der Waals surface area contributed by atoms with Gasteiger partial charge in [0.05, 0.1) is 48.6 Å². The Morgan fingerprint density at radius 1 is 0.968 bits per heavy atom. The van der Waals surface area contributed by atoms with Crippen molar-refractivity contribution in [3.8, 4) is 0 Å². The van der Waals surface area contributed by atoms with Crippen molar-refractivity contribution in [2.75, 3.05) is 34.4 Å². The van der Waals surface area contributed by atoms with E-state index in [0.29, 0.717) is 19.6 Å². The summed E-state index contributed by atoms with van der Waals surface area (Å²) in [7, 11) is 5.39. The van der Waals surface area contributed by atoms with E-state index in [0.717, 1.165) is 5.56 Å². The van der Waals surface area contributed by atoms with Gasteiger partial charge in [-0.3, -0.25) is 4.79 Å². The minimum Gasteiger partial charge on any atom is -0.459 e. The molecule has 5 rings (SSSR count). The summed E-state index contributed by atoms with van der Waals surface area (Å²) in [5, 5.41) is 39.3. The molecule has 4 aliphatic rings. The van der Waals surface area contributed by atoms with Gasteiger partial charge in [-0.05, 0) is 99.9 Å². The molecule has 0 aromatic heterocycles. The van der Waals surface area contributed by atoms with E-state index in [-0.39, 0.29) is 43.9 Å². The highest BCUT2D eigenvalue weighted by Crippen LogP contribution is 2.51. The van der Waals surface area contributed by atoms with Crippen LogP contribution in [-0.2, 0) is 54.0 Å². The number of nitrogens with one attached hydrogen (secondary N) is 1. The molecular weight excluding hydrogens is 805 g/mol. The van der Waals surface area contributed by atoms with Crippen LogP contribution in [0, 0.1) is 17.8 Å². The van der Waals surface area contributed by atoms with Crippen LogP contribution >= 0.6 is 0 Å². The zero-order chi connectivity index (χ0) is 45.9. The second kappa shape index (κ2) is 20.4. The highest BCUT2D eigenvalue weighted by molar-refractivity contribution is 5.73. The second-order valence-corrected chi connectivity index (χ2v) is 19.4. The molecule has 16 heteroatoms. The van der Waals surface area contributed by atoms with Crippen molar-refractivity contribution in [1.82, 2.24) is 10.2 Å². The molecule has 0 radical (unpaired) electrons. The van der Waals surface area contributed by atoms with Crippen LogP contribution in [0.5, 0.6) is 0 Å². The van der Waals surface area contributed by atoms with Crippen LogP contribution in [0.3, 0.4) is 0 Å². The third-order valence-corrected chi connectivity index (χ3v) is 14.0. The molecule has 3 unspecified atom stereocenters. The first-order valence-electron chi connectivity index (χ1n) is 22.4. The smallest absolute Gasteiger partial charge is 0.459 e. The highest BCUT2D eigenvalue weighted by atomic mass is 16.8. The van der Waals surface area contributed by atoms with Gasteiger partial charge in [-0.25, -0.2) is 4.79 Å². The summed E-state index contributed by atoms with van der Waals surface area (Å²) in [6, 6.07) is 8.29. The fourth-order valence-corrected chi connectivity index (χ4v) is 10.0. The largest absolute Gasteiger partial charge is 0.509 e. The van der Waals surface area contributed by atoms with Gasteiger partial charge in [-0.15, -0.1) is 0 Å². The molecule has 62 heavy (non-hydrogen) atoms. The summed E-state index contributed by atoms with van der Waals surface area (Å²) >= 11 is 0. The maximum atomic E-state index is 14.5. The standard InChI is InChI=1S/C46H76N2O14/c1-14-34-45(10,53)38(49)30(6)47-23-26(2)21-43(8,52)39(28(4)36(29(5)40(50)59-34)60-35-22-44(9,54-13)46(25-56-46)31(7)58-35)62-41-37(33(48(11)12)20-27(3)57-41)61-42(51)55-24-32-18-16-15-17-19-32/h15-19,26-31,33-39,41,47,49,52-53H,14,20-25H2,1-13H3/t26-,27-,28+,29-,30-,31+,33+,34-,35?,36+,37-,38-,39-,41?,43?,44-,45-,46+/m1/s1. The number of epoxide rings is 1. The molecule has 4 fully saturated rings. The number of rotatable bonds is 10. The Hall–Kier alpha value is -2.48. The van der Waals surface area contributed by atoms with Crippen LogP contribution in [0.4, 0.5) is 4.79 Å². The van der Waals surface area contributed by atoms with E-state index in [1.54, 1.807) is 34.8 Å². The van der Waals surface area contributed by atoms with Crippen LogP contribution in [0.15, 0.2) is 30.3 Å². The second-order valence-electron chi connectivity index (χ2n) is 19.4. The number of ether oxygens (including phenoxy) is 9. The van der Waals surface area contributed by atoms with E-state index in [1.807, 2.05) is 83.9 Å². The molecule has 1 aromatic rings. The van der Waals surface area contributed by atoms with Crippen molar-refractivity contribution in [1.29, 1.82) is 0 Å². The molecule has 4 heterocycles. The average Bonchev–Trinajstić information content (AvgIpc) is 4.04. The number of hydrogen-bond donors (Lipinski definition) is 4. The summed E-state index contributed by atoms with van der Waals surface area (Å²) in [6.07, 6.45) is -8.18. The molecule has 0 bridgehead atoms. The van der Waals surface area contributed by atoms with Crippen LogP contribution in [-0.4, -0.2) is 156 Å². The van der Waals surface area contributed by atoms with E-state index >= 15 is 0 Å². The number of hydrogen-bond acceptors (Lipinski definition) is 16. The number of aliphatic hydroxyl groups excluding tert-OH is 1. The maximum Gasteiger partial charge on any atom is 0.509 e. The molecule has 1 aromatic carbocycles. The van der Waals surface area contributed by atoms with Crippen LogP contribution in [0.1, 0.15) is 100 Å². The Morgan fingerprint density at radius 2 is 1.63 bits per heavy atom. The minimum absolute atomic E-state index is 0.00368. The summed E-state index contributed by atoms with van der Waals surface area (Å²) in [5.74, 6) is -2.73. The zero-order valence-corrected chi connectivity index (χ0v) is 39.2. The Morgan fingerprint density at radius 3 is 2.23 bits per heavy atom. The van der Waals surface area contributed by atoms with Gasteiger partial charge in [0.2, 0.25) is 0 Å². The summed E-state index contributed by atoms with van der Waals surface area (Å²) in [4.78, 5) is 29.8. The molecule has 16 nitrogen and oxygen atoms in total. The maximum absolute atomic E-state index is 14.5. The lowest BCUT2D eigenvalue weighted by atomic mass is 9.77. The van der Waals surface area contributed by atoms with Crippen LogP contribution in [0.2, 0.25) is 0 Å². The van der Waals surface area contributed by atoms with Crippen LogP contribution in [0.25, 0.3) is 0 Å². The van der Waals surface area contributed by atoms with Crippen molar-refractivity contribution >= 4 is 12.1 Å². The van der Waals surface area contributed by atoms with Crippen molar-refractivity contribution in [3.05, 3.63) is 35.9 Å². The van der Waals surface area contributed by atoms with E-state index in [1.165, 1.54) is 6.92 Å². The molecule has 4 aliphatic heterocycles. The molecule has 4 saturated heterocycles. The lowest BCUT2D eigenvalue weighted by Gasteiger charge is -2.49. The molecule has 18 atom stereocenters. The van der Waals surface area contributed by atoms with E-state index in [2.05, 4.69) is 5.32 Å². The van der Waals surface area contributed by atoms with Crippen molar-refractivity contribution in [2.45, 2.75) is 191 Å². The minimum atomic E-state index is -1.82. The number of likely N-dealkylation sites (N-methyl/N-ethyl adjacent to an activating group) is 1. The molecule has 4 N–H and O–H groups in total. The van der Waals surface area contributed by atoms with Crippen molar-refractivity contribution in [3.63, 3.8) is 0 Å². The number of aliphatic hydroxyl groups is 3. The third kappa shape index (κ3) is 11.1. The first-order valence-corrected chi connectivity index (χ1v) is 22.4. The number of carbonyl (C=O) groups excluding carboxylic acids is 2. The number of methoxy groups -OCH3 is 1. The number of carbonyl (C=O) groups is 2. The molecule has 0 aliphatic carbocycles. The van der Waals surface area contributed by atoms with E-state index in [4.69, 9.17) is 42.6 Å². The lowest BCUT2D eigenvalue weighted by molar-refractivity contribution is -0.315. The normalized spacial score (nSPS) is 44.8. The van der Waals surface area contributed by atoms with Gasteiger partial charge in [-0.1, -0.05) is 51.1 Å². The van der Waals surface area contributed by atoms with Gasteiger partial charge in [0.1, 0.15) is 35.6 Å². The molecule has 0 amide bonds. The molecular formula is C46H76N2O14. The fourth-order valence-electron chi connectivity index (χ4n) is 10.0. The molecule has 354 valence electrons.